The van der Waals surface area contributed by atoms with E-state index in [1.54, 1.807) is 17.8 Å². The molecule has 3 heterocycles. The van der Waals surface area contributed by atoms with Gasteiger partial charge in [-0.15, -0.1) is 22.0 Å². The third kappa shape index (κ3) is 3.19. The van der Waals surface area contributed by atoms with Gasteiger partial charge < -0.3 is 4.90 Å². The monoisotopic (exact) mass is 386 g/mol. The van der Waals surface area contributed by atoms with Crippen molar-refractivity contribution in [3.05, 3.63) is 59.0 Å². The zero-order valence-corrected chi connectivity index (χ0v) is 16.0. The van der Waals surface area contributed by atoms with Crippen LogP contribution in [0.25, 0.3) is 5.65 Å². The van der Waals surface area contributed by atoms with Crippen molar-refractivity contribution < 1.29 is 4.79 Å². The first-order valence-corrected chi connectivity index (χ1v) is 10.2. The van der Waals surface area contributed by atoms with Crippen molar-refractivity contribution in [1.29, 1.82) is 0 Å². The fourth-order valence-electron chi connectivity index (χ4n) is 3.48. The van der Waals surface area contributed by atoms with E-state index in [-0.39, 0.29) is 11.8 Å². The fraction of sp³-hybridized carbons (Fsp3) is 0.316. The van der Waals surface area contributed by atoms with Crippen LogP contribution in [0.4, 0.5) is 0 Å². The number of amides is 1. The summed E-state index contributed by atoms with van der Waals surface area (Å²) in [6, 6.07) is 11.5. The molecule has 1 aliphatic heterocycles. The highest BCUT2D eigenvalue weighted by Gasteiger charge is 2.29. The van der Waals surface area contributed by atoms with Gasteiger partial charge in [0.2, 0.25) is 0 Å². The zero-order chi connectivity index (χ0) is 18.1. The molecular weight excluding hydrogens is 368 g/mol. The van der Waals surface area contributed by atoms with Gasteiger partial charge in [-0.1, -0.05) is 17.7 Å². The fourth-order valence-corrected chi connectivity index (χ4v) is 4.11. The number of hydrogen-bond acceptors (Lipinski definition) is 4. The summed E-state index contributed by atoms with van der Waals surface area (Å²) >= 11 is 7.90. The van der Waals surface area contributed by atoms with Gasteiger partial charge in [-0.05, 0) is 49.4 Å². The molecule has 3 aromatic rings. The average Bonchev–Trinajstić information content (AvgIpc) is 3.12. The van der Waals surface area contributed by atoms with Crippen LogP contribution in [0.5, 0.6) is 0 Å². The van der Waals surface area contributed by atoms with Crippen LogP contribution in [0, 0.1) is 0 Å². The van der Waals surface area contributed by atoms with Crippen LogP contribution < -0.4 is 0 Å². The molecule has 26 heavy (non-hydrogen) atoms. The number of carbonyl (C=O) groups is 1. The van der Waals surface area contributed by atoms with E-state index in [9.17, 15) is 4.79 Å². The number of likely N-dealkylation sites (tertiary alicyclic amines) is 1. The second-order valence-corrected chi connectivity index (χ2v) is 7.71. The molecule has 1 amide bonds. The third-order valence-electron chi connectivity index (χ3n) is 4.82. The van der Waals surface area contributed by atoms with E-state index in [0.717, 1.165) is 35.8 Å². The number of nitrogens with zero attached hydrogens (tertiary/aromatic N) is 4. The number of benzene rings is 1. The molecule has 0 saturated carbocycles. The highest BCUT2D eigenvalue weighted by Crippen LogP contribution is 2.29. The van der Waals surface area contributed by atoms with Gasteiger partial charge >= 0.3 is 0 Å². The Balaban J connectivity index is 1.60. The maximum Gasteiger partial charge on any atom is 0.255 e. The van der Waals surface area contributed by atoms with Crippen molar-refractivity contribution in [3.8, 4) is 0 Å². The van der Waals surface area contributed by atoms with Gasteiger partial charge in [0.05, 0.1) is 10.6 Å². The minimum absolute atomic E-state index is 0.00980. The molecule has 0 N–H and O–H groups in total. The largest absolute Gasteiger partial charge is 0.338 e. The smallest absolute Gasteiger partial charge is 0.255 e. The lowest BCUT2D eigenvalue weighted by Crippen LogP contribution is -2.39. The molecule has 2 aromatic heterocycles. The molecule has 4 rings (SSSR count). The summed E-state index contributed by atoms with van der Waals surface area (Å²) in [6.45, 7) is 1.38. The van der Waals surface area contributed by atoms with Crippen molar-refractivity contribution in [3.63, 3.8) is 0 Å². The maximum atomic E-state index is 13.1. The number of piperidine rings is 1. The predicted molar refractivity (Wildman–Crippen MR) is 104 cm³/mol. The standard InChI is InChI=1S/C19H19ClN4OS/c1-26-14-7-8-16(20)15(11-14)19(25)23-9-4-5-13(12-23)18-22-21-17-6-2-3-10-24(17)18/h2-3,6-8,10-11,13H,4-5,9,12H2,1H3. The Morgan fingerprint density at radius 3 is 3.00 bits per heavy atom. The minimum atomic E-state index is -0.00980. The first-order valence-electron chi connectivity index (χ1n) is 8.60. The van der Waals surface area contributed by atoms with Crippen LogP contribution in [0.3, 0.4) is 0 Å². The molecule has 0 bridgehead atoms. The van der Waals surface area contributed by atoms with E-state index in [1.165, 1.54) is 0 Å². The molecule has 0 aliphatic carbocycles. The third-order valence-corrected chi connectivity index (χ3v) is 5.87. The quantitative estimate of drug-likeness (QED) is 0.635. The van der Waals surface area contributed by atoms with Gasteiger partial charge in [-0.25, -0.2) is 0 Å². The topological polar surface area (TPSA) is 50.5 Å². The second kappa shape index (κ2) is 7.29. The van der Waals surface area contributed by atoms with E-state index in [0.29, 0.717) is 17.1 Å². The lowest BCUT2D eigenvalue weighted by atomic mass is 9.96. The Kier molecular flexibility index (Phi) is 4.87. The Bertz CT molecular complexity index is 958. The molecule has 0 spiro atoms. The van der Waals surface area contributed by atoms with Crippen LogP contribution in [-0.4, -0.2) is 44.8 Å². The van der Waals surface area contributed by atoms with Crippen LogP contribution >= 0.6 is 23.4 Å². The molecule has 1 aromatic carbocycles. The predicted octanol–water partition coefficient (Wildman–Crippen LogP) is 4.12. The number of halogens is 1. The van der Waals surface area contributed by atoms with Crippen molar-refractivity contribution >= 4 is 34.9 Å². The molecular formula is C19H19ClN4OS. The highest BCUT2D eigenvalue weighted by atomic mass is 35.5. The minimum Gasteiger partial charge on any atom is -0.338 e. The molecule has 134 valence electrons. The van der Waals surface area contributed by atoms with Crippen LogP contribution in [0.2, 0.25) is 5.02 Å². The molecule has 0 radical (unpaired) electrons. The maximum absolute atomic E-state index is 13.1. The SMILES string of the molecule is CSc1ccc(Cl)c(C(=O)N2CCCC(c3nnc4ccccn34)C2)c1. The molecule has 1 atom stereocenters. The lowest BCUT2D eigenvalue weighted by Gasteiger charge is -2.32. The van der Waals surface area contributed by atoms with E-state index in [1.807, 2.05) is 52.1 Å². The van der Waals surface area contributed by atoms with E-state index in [4.69, 9.17) is 11.6 Å². The molecule has 5 nitrogen and oxygen atoms in total. The first kappa shape index (κ1) is 17.4. The molecule has 1 saturated heterocycles. The van der Waals surface area contributed by atoms with Crippen LogP contribution in [-0.2, 0) is 0 Å². The summed E-state index contributed by atoms with van der Waals surface area (Å²) < 4.78 is 2.01. The van der Waals surface area contributed by atoms with Crippen molar-refractivity contribution in [2.45, 2.75) is 23.7 Å². The lowest BCUT2D eigenvalue weighted by molar-refractivity contribution is 0.0704. The number of aromatic nitrogens is 3. The van der Waals surface area contributed by atoms with Crippen molar-refractivity contribution in [2.75, 3.05) is 19.3 Å². The van der Waals surface area contributed by atoms with E-state index in [2.05, 4.69) is 10.2 Å². The Hall–Kier alpha value is -2.05. The second-order valence-electron chi connectivity index (χ2n) is 6.42. The van der Waals surface area contributed by atoms with Crippen molar-refractivity contribution in [2.24, 2.45) is 0 Å². The Morgan fingerprint density at radius 1 is 1.27 bits per heavy atom. The summed E-state index contributed by atoms with van der Waals surface area (Å²) in [4.78, 5) is 16.0. The first-order chi connectivity index (χ1) is 12.7. The Labute approximate surface area is 161 Å². The number of hydrogen-bond donors (Lipinski definition) is 0. The molecule has 1 unspecified atom stereocenters. The normalized spacial score (nSPS) is 17.6. The highest BCUT2D eigenvalue weighted by molar-refractivity contribution is 7.98. The van der Waals surface area contributed by atoms with E-state index < -0.39 is 0 Å². The van der Waals surface area contributed by atoms with Gasteiger partial charge in [-0.3, -0.25) is 9.20 Å². The zero-order valence-electron chi connectivity index (χ0n) is 14.4. The van der Waals surface area contributed by atoms with Gasteiger partial charge in [-0.2, -0.15) is 0 Å². The molecule has 1 aliphatic rings. The average molecular weight is 387 g/mol. The number of pyridine rings is 1. The van der Waals surface area contributed by atoms with Crippen LogP contribution in [0.1, 0.15) is 34.9 Å². The number of carbonyl (C=O) groups excluding carboxylic acids is 1. The molecule has 7 heteroatoms. The summed E-state index contributed by atoms with van der Waals surface area (Å²) in [5.41, 5.74) is 1.41. The summed E-state index contributed by atoms with van der Waals surface area (Å²) in [6.07, 6.45) is 5.91. The van der Waals surface area contributed by atoms with Crippen LogP contribution in [0.15, 0.2) is 47.5 Å². The van der Waals surface area contributed by atoms with Gasteiger partial charge in [0, 0.05) is 30.1 Å². The summed E-state index contributed by atoms with van der Waals surface area (Å²) in [7, 11) is 0. The van der Waals surface area contributed by atoms with Gasteiger partial charge in [0.25, 0.3) is 5.91 Å². The number of thioether (sulfide) groups is 1. The summed E-state index contributed by atoms with van der Waals surface area (Å²) in [5, 5.41) is 9.12. The van der Waals surface area contributed by atoms with Crippen molar-refractivity contribution in [1.82, 2.24) is 19.5 Å². The number of fused-ring (bicyclic) bond motifs is 1. The number of rotatable bonds is 3. The molecule has 1 fully saturated rings. The van der Waals surface area contributed by atoms with Gasteiger partial charge in [0.15, 0.2) is 5.65 Å². The Morgan fingerprint density at radius 2 is 2.15 bits per heavy atom. The summed E-state index contributed by atoms with van der Waals surface area (Å²) in [5.74, 6) is 1.08. The van der Waals surface area contributed by atoms with Gasteiger partial charge in [0.1, 0.15) is 5.82 Å². The van der Waals surface area contributed by atoms with E-state index >= 15 is 0 Å².